The summed E-state index contributed by atoms with van der Waals surface area (Å²) in [6.45, 7) is 0.236. The molecule has 3 aromatic rings. The van der Waals surface area contributed by atoms with Crippen LogP contribution < -0.4 is 20.2 Å². The molecular weight excluding hydrogens is 505 g/mol. The molecule has 3 rings (SSSR count). The zero-order valence-electron chi connectivity index (χ0n) is 16.4. The number of para-hydroxylation sites is 1. The molecule has 0 spiro atoms. The summed E-state index contributed by atoms with van der Waals surface area (Å²) in [4.78, 5) is 11.9. The topological polar surface area (TPSA) is 72.0 Å². The Labute approximate surface area is 198 Å². The van der Waals surface area contributed by atoms with E-state index in [9.17, 15) is 4.79 Å². The molecule has 0 atom stereocenters. The largest absolute Gasteiger partial charge is 0.493 e. The second kappa shape index (κ2) is 11.0. The van der Waals surface area contributed by atoms with E-state index in [1.165, 1.54) is 13.3 Å². The van der Waals surface area contributed by atoms with Crippen molar-refractivity contribution < 1.29 is 14.3 Å². The fourth-order valence-corrected chi connectivity index (χ4v) is 3.63. The van der Waals surface area contributed by atoms with Gasteiger partial charge < -0.3 is 14.8 Å². The van der Waals surface area contributed by atoms with Crippen LogP contribution in [-0.4, -0.2) is 19.4 Å². The minimum absolute atomic E-state index is 0.236. The predicted octanol–water partition coefficient (Wildman–Crippen LogP) is 6.50. The number of urea groups is 1. The molecular formula is C22H18BrCl2N3O3. The van der Waals surface area contributed by atoms with Crippen molar-refractivity contribution in [3.8, 4) is 11.5 Å². The highest BCUT2D eigenvalue weighted by atomic mass is 79.9. The molecule has 2 N–H and O–H groups in total. The maximum atomic E-state index is 11.9. The highest BCUT2D eigenvalue weighted by Crippen LogP contribution is 2.37. The summed E-state index contributed by atoms with van der Waals surface area (Å²) < 4.78 is 12.0. The number of nitrogens with zero attached hydrogens (tertiary/aromatic N) is 1. The van der Waals surface area contributed by atoms with Gasteiger partial charge >= 0.3 is 6.03 Å². The summed E-state index contributed by atoms with van der Waals surface area (Å²) in [6.07, 6.45) is 1.50. The second-order valence-corrected chi connectivity index (χ2v) is 7.95. The van der Waals surface area contributed by atoms with Crippen LogP contribution in [0.2, 0.25) is 10.0 Å². The molecule has 9 heteroatoms. The quantitative estimate of drug-likeness (QED) is 0.275. The Morgan fingerprint density at radius 2 is 1.90 bits per heavy atom. The summed E-state index contributed by atoms with van der Waals surface area (Å²) in [5.41, 5.74) is 4.57. The number of halogens is 3. The van der Waals surface area contributed by atoms with E-state index in [1.807, 2.05) is 18.2 Å². The molecule has 6 nitrogen and oxygen atoms in total. The third kappa shape index (κ3) is 6.62. The SMILES string of the molecule is COc1cc(/C=N\NC(=O)Nc2ccccc2)cc(Br)c1OCc1ccc(Cl)cc1Cl. The number of nitrogens with one attached hydrogen (secondary N) is 2. The number of benzene rings is 3. The Kier molecular flexibility index (Phi) is 8.17. The van der Waals surface area contributed by atoms with Gasteiger partial charge in [-0.2, -0.15) is 5.10 Å². The summed E-state index contributed by atoms with van der Waals surface area (Å²) in [7, 11) is 1.54. The van der Waals surface area contributed by atoms with Crippen molar-refractivity contribution in [1.29, 1.82) is 0 Å². The highest BCUT2D eigenvalue weighted by molar-refractivity contribution is 9.10. The van der Waals surface area contributed by atoms with E-state index >= 15 is 0 Å². The van der Waals surface area contributed by atoms with Crippen molar-refractivity contribution in [3.05, 3.63) is 86.3 Å². The van der Waals surface area contributed by atoms with Crippen LogP contribution in [0.15, 0.2) is 70.2 Å². The Balaban J connectivity index is 1.65. The number of anilines is 1. The number of carbonyl (C=O) groups is 1. The number of amides is 2. The van der Waals surface area contributed by atoms with Crippen molar-refractivity contribution >= 4 is 57.1 Å². The number of hydrazone groups is 1. The molecule has 3 aromatic carbocycles. The maximum absolute atomic E-state index is 11.9. The molecule has 2 amide bonds. The first kappa shape index (κ1) is 22.9. The number of carbonyl (C=O) groups excluding carboxylic acids is 1. The van der Waals surface area contributed by atoms with E-state index in [4.69, 9.17) is 32.7 Å². The second-order valence-electron chi connectivity index (χ2n) is 6.25. The summed E-state index contributed by atoms with van der Waals surface area (Å²) in [5.74, 6) is 1.01. The Bertz CT molecular complexity index is 1090. The number of ether oxygens (including phenoxy) is 2. The van der Waals surface area contributed by atoms with Gasteiger partial charge in [0.05, 0.1) is 17.8 Å². The van der Waals surface area contributed by atoms with Crippen LogP contribution in [0, 0.1) is 0 Å². The molecule has 0 radical (unpaired) electrons. The van der Waals surface area contributed by atoms with Gasteiger partial charge in [-0.3, -0.25) is 0 Å². The van der Waals surface area contributed by atoms with Crippen molar-refractivity contribution in [2.45, 2.75) is 6.61 Å². The molecule has 0 aliphatic heterocycles. The number of hydrogen-bond acceptors (Lipinski definition) is 4. The lowest BCUT2D eigenvalue weighted by molar-refractivity contribution is 0.252. The van der Waals surface area contributed by atoms with Crippen LogP contribution in [0.4, 0.5) is 10.5 Å². The highest BCUT2D eigenvalue weighted by Gasteiger charge is 2.13. The van der Waals surface area contributed by atoms with E-state index in [0.29, 0.717) is 37.3 Å². The molecule has 160 valence electrons. The van der Waals surface area contributed by atoms with Crippen LogP contribution in [0.3, 0.4) is 0 Å². The van der Waals surface area contributed by atoms with Gasteiger partial charge in [0.2, 0.25) is 0 Å². The lowest BCUT2D eigenvalue weighted by atomic mass is 10.2. The zero-order chi connectivity index (χ0) is 22.2. The lowest BCUT2D eigenvalue weighted by Crippen LogP contribution is -2.24. The van der Waals surface area contributed by atoms with Crippen LogP contribution in [-0.2, 0) is 6.61 Å². The van der Waals surface area contributed by atoms with Gasteiger partial charge in [0.15, 0.2) is 11.5 Å². The van der Waals surface area contributed by atoms with Crippen molar-refractivity contribution in [2.75, 3.05) is 12.4 Å². The number of rotatable bonds is 7. The normalized spacial score (nSPS) is 10.7. The summed E-state index contributed by atoms with van der Waals surface area (Å²) in [6, 6.07) is 17.4. The monoisotopic (exact) mass is 521 g/mol. The number of methoxy groups -OCH3 is 1. The average molecular weight is 523 g/mol. The van der Waals surface area contributed by atoms with E-state index in [1.54, 1.807) is 42.5 Å². The van der Waals surface area contributed by atoms with Gasteiger partial charge in [0.25, 0.3) is 0 Å². The molecule has 0 heterocycles. The number of hydrogen-bond donors (Lipinski definition) is 2. The fourth-order valence-electron chi connectivity index (χ4n) is 2.59. The van der Waals surface area contributed by atoms with Gasteiger partial charge in [-0.1, -0.05) is 47.5 Å². The molecule has 0 aromatic heterocycles. The van der Waals surface area contributed by atoms with Gasteiger partial charge in [0.1, 0.15) is 6.61 Å². The van der Waals surface area contributed by atoms with E-state index in [2.05, 4.69) is 31.8 Å². The summed E-state index contributed by atoms with van der Waals surface area (Å²) in [5, 5.41) is 7.72. The predicted molar refractivity (Wildman–Crippen MR) is 128 cm³/mol. The summed E-state index contributed by atoms with van der Waals surface area (Å²) >= 11 is 15.6. The fraction of sp³-hybridized carbons (Fsp3) is 0.0909. The Morgan fingerprint density at radius 3 is 2.61 bits per heavy atom. The van der Waals surface area contributed by atoms with Gasteiger partial charge in [-0.15, -0.1) is 0 Å². The molecule has 0 aliphatic rings. The minimum atomic E-state index is -0.451. The van der Waals surface area contributed by atoms with Crippen LogP contribution in [0.5, 0.6) is 11.5 Å². The molecule has 0 saturated carbocycles. The van der Waals surface area contributed by atoms with Gasteiger partial charge in [-0.25, -0.2) is 10.2 Å². The minimum Gasteiger partial charge on any atom is -0.493 e. The maximum Gasteiger partial charge on any atom is 0.339 e. The van der Waals surface area contributed by atoms with Crippen molar-refractivity contribution in [1.82, 2.24) is 5.43 Å². The molecule has 0 fully saturated rings. The Hall–Kier alpha value is -2.74. The standard InChI is InChI=1S/C22H18BrCl2N3O3/c1-30-20-10-14(12-26-28-22(29)27-17-5-3-2-4-6-17)9-18(23)21(20)31-13-15-7-8-16(24)11-19(15)25/h2-12H,13H2,1H3,(H2,27,28,29)/b26-12-. The van der Waals surface area contributed by atoms with Crippen LogP contribution in [0.1, 0.15) is 11.1 Å². The molecule has 0 saturated heterocycles. The molecule has 0 aliphatic carbocycles. The molecule has 0 bridgehead atoms. The first-order valence-corrected chi connectivity index (χ1v) is 10.6. The van der Waals surface area contributed by atoms with Crippen molar-refractivity contribution in [2.24, 2.45) is 5.10 Å². The van der Waals surface area contributed by atoms with Crippen LogP contribution >= 0.6 is 39.1 Å². The third-order valence-electron chi connectivity index (χ3n) is 4.05. The van der Waals surface area contributed by atoms with E-state index < -0.39 is 6.03 Å². The lowest BCUT2D eigenvalue weighted by Gasteiger charge is -2.14. The molecule has 0 unspecified atom stereocenters. The first-order valence-electron chi connectivity index (χ1n) is 9.05. The van der Waals surface area contributed by atoms with E-state index in [0.717, 1.165) is 5.56 Å². The smallest absolute Gasteiger partial charge is 0.339 e. The Morgan fingerprint density at radius 1 is 1.13 bits per heavy atom. The van der Waals surface area contributed by atoms with E-state index in [-0.39, 0.29) is 6.61 Å². The van der Waals surface area contributed by atoms with Gasteiger partial charge in [0, 0.05) is 21.3 Å². The molecule has 31 heavy (non-hydrogen) atoms. The van der Waals surface area contributed by atoms with Crippen LogP contribution in [0.25, 0.3) is 0 Å². The zero-order valence-corrected chi connectivity index (χ0v) is 19.5. The van der Waals surface area contributed by atoms with Gasteiger partial charge in [-0.05, 0) is 57.9 Å². The average Bonchev–Trinajstić information content (AvgIpc) is 2.74. The first-order chi connectivity index (χ1) is 15.0. The van der Waals surface area contributed by atoms with Crippen molar-refractivity contribution in [3.63, 3.8) is 0 Å². The third-order valence-corrected chi connectivity index (χ3v) is 5.23.